The molecule has 1 aromatic carbocycles. The molecule has 2 N–H and O–H groups in total. The fourth-order valence-corrected chi connectivity index (χ4v) is 2.34. The Kier molecular flexibility index (Phi) is 3.89. The van der Waals surface area contributed by atoms with Gasteiger partial charge >= 0.3 is 12.1 Å². The van der Waals surface area contributed by atoms with Crippen LogP contribution in [0.15, 0.2) is 18.2 Å². The summed E-state index contributed by atoms with van der Waals surface area (Å²) >= 11 is 0. The number of methoxy groups -OCH3 is 1. The van der Waals surface area contributed by atoms with Crippen molar-refractivity contribution in [3.8, 4) is 5.75 Å². The number of hydrogen-bond donors (Lipinski definition) is 2. The summed E-state index contributed by atoms with van der Waals surface area (Å²) in [4.78, 5) is 10.9. The maximum absolute atomic E-state index is 12.9. The number of halogens is 3. The first-order valence-corrected chi connectivity index (χ1v) is 6.04. The molecule has 4 nitrogen and oxygen atoms in total. The van der Waals surface area contributed by atoms with E-state index >= 15 is 0 Å². The average Bonchev–Trinajstić information content (AvgIpc) is 2.86. The first-order valence-electron chi connectivity index (χ1n) is 6.04. The monoisotopic (exact) mass is 289 g/mol. The van der Waals surface area contributed by atoms with Crippen LogP contribution in [0.2, 0.25) is 0 Å². The molecule has 0 aliphatic carbocycles. The summed E-state index contributed by atoms with van der Waals surface area (Å²) in [6, 6.07) is 3.41. The summed E-state index contributed by atoms with van der Waals surface area (Å²) < 4.78 is 43.5. The highest BCUT2D eigenvalue weighted by atomic mass is 19.4. The smallest absolute Gasteiger partial charge is 0.419 e. The fourth-order valence-electron chi connectivity index (χ4n) is 2.34. The summed E-state index contributed by atoms with van der Waals surface area (Å²) in [5.41, 5.74) is -0.431. The van der Waals surface area contributed by atoms with Gasteiger partial charge in [-0.1, -0.05) is 6.07 Å². The third-order valence-electron chi connectivity index (χ3n) is 3.41. The van der Waals surface area contributed by atoms with Gasteiger partial charge in [-0.15, -0.1) is 0 Å². The minimum absolute atomic E-state index is 0.242. The van der Waals surface area contributed by atoms with Gasteiger partial charge in [0.1, 0.15) is 5.75 Å². The molecule has 110 valence electrons. The summed E-state index contributed by atoms with van der Waals surface area (Å²) in [6.07, 6.45) is -4.23. The van der Waals surface area contributed by atoms with E-state index in [1.165, 1.54) is 19.2 Å². The number of carbonyl (C=O) groups is 1. The summed E-state index contributed by atoms with van der Waals surface area (Å²) in [5.74, 6) is -1.75. The van der Waals surface area contributed by atoms with Crippen molar-refractivity contribution in [1.82, 2.24) is 5.32 Å². The molecule has 0 saturated carbocycles. The van der Waals surface area contributed by atoms with E-state index in [0.717, 1.165) is 6.07 Å². The minimum Gasteiger partial charge on any atom is -0.496 e. The molecule has 0 spiro atoms. The van der Waals surface area contributed by atoms with Crippen molar-refractivity contribution >= 4 is 5.97 Å². The zero-order chi connectivity index (χ0) is 14.9. The normalized spacial score (nSPS) is 22.8. The molecule has 1 aliphatic heterocycles. The molecular weight excluding hydrogens is 275 g/mol. The van der Waals surface area contributed by atoms with Crippen molar-refractivity contribution in [3.05, 3.63) is 29.3 Å². The number of alkyl halides is 3. The van der Waals surface area contributed by atoms with E-state index in [1.54, 1.807) is 0 Å². The first-order chi connectivity index (χ1) is 9.32. The zero-order valence-corrected chi connectivity index (χ0v) is 10.7. The summed E-state index contributed by atoms with van der Waals surface area (Å²) in [5, 5.41) is 11.8. The van der Waals surface area contributed by atoms with Crippen LogP contribution in [0.3, 0.4) is 0 Å². The number of ether oxygens (including phenoxy) is 1. The molecule has 0 radical (unpaired) electrons. The number of rotatable bonds is 3. The molecule has 0 bridgehead atoms. The van der Waals surface area contributed by atoms with Crippen molar-refractivity contribution in [2.75, 3.05) is 13.7 Å². The standard InChI is InChI=1S/C13H14F3NO3/c1-20-11-3-2-7(4-9(11)13(14,15)16)10-5-8(6-17-10)12(18)19/h2-4,8,10,17H,5-6H2,1H3,(H,18,19). The molecule has 2 unspecified atom stereocenters. The predicted molar refractivity (Wildman–Crippen MR) is 64.5 cm³/mol. The van der Waals surface area contributed by atoms with Gasteiger partial charge in [0, 0.05) is 12.6 Å². The topological polar surface area (TPSA) is 58.6 Å². The number of hydrogen-bond acceptors (Lipinski definition) is 3. The second kappa shape index (κ2) is 5.32. The van der Waals surface area contributed by atoms with Gasteiger partial charge in [-0.3, -0.25) is 4.79 Å². The van der Waals surface area contributed by atoms with Gasteiger partial charge in [0.25, 0.3) is 0 Å². The van der Waals surface area contributed by atoms with Gasteiger partial charge in [-0.05, 0) is 24.1 Å². The van der Waals surface area contributed by atoms with Crippen LogP contribution in [0.25, 0.3) is 0 Å². The van der Waals surface area contributed by atoms with Gasteiger partial charge in [0.2, 0.25) is 0 Å². The number of aliphatic carboxylic acids is 1. The Morgan fingerprint density at radius 2 is 2.15 bits per heavy atom. The molecule has 0 aromatic heterocycles. The molecule has 1 aromatic rings. The third-order valence-corrected chi connectivity index (χ3v) is 3.41. The van der Waals surface area contributed by atoms with E-state index in [2.05, 4.69) is 5.32 Å². The van der Waals surface area contributed by atoms with E-state index in [-0.39, 0.29) is 24.8 Å². The van der Waals surface area contributed by atoms with Crippen LogP contribution in [0.4, 0.5) is 13.2 Å². The SMILES string of the molecule is COc1ccc(C2CC(C(=O)O)CN2)cc1C(F)(F)F. The Balaban J connectivity index is 2.28. The van der Waals surface area contributed by atoms with Crippen LogP contribution in [0.1, 0.15) is 23.6 Å². The van der Waals surface area contributed by atoms with Crippen molar-refractivity contribution in [2.24, 2.45) is 5.92 Å². The van der Waals surface area contributed by atoms with E-state index in [0.29, 0.717) is 5.56 Å². The van der Waals surface area contributed by atoms with Crippen LogP contribution in [-0.4, -0.2) is 24.7 Å². The molecule has 1 aliphatic rings. The Morgan fingerprint density at radius 1 is 1.45 bits per heavy atom. The second-order valence-corrected chi connectivity index (χ2v) is 4.69. The Labute approximate surface area is 113 Å². The lowest BCUT2D eigenvalue weighted by atomic mass is 9.98. The number of carboxylic acid groups (broad SMARTS) is 1. The molecular formula is C13H14F3NO3. The Morgan fingerprint density at radius 3 is 2.65 bits per heavy atom. The highest BCUT2D eigenvalue weighted by molar-refractivity contribution is 5.70. The number of nitrogens with one attached hydrogen (secondary N) is 1. The van der Waals surface area contributed by atoms with E-state index in [1.807, 2.05) is 0 Å². The molecule has 1 saturated heterocycles. The van der Waals surface area contributed by atoms with E-state index in [9.17, 15) is 18.0 Å². The molecule has 0 amide bonds. The van der Waals surface area contributed by atoms with Crippen molar-refractivity contribution in [1.29, 1.82) is 0 Å². The lowest BCUT2D eigenvalue weighted by Crippen LogP contribution is -2.17. The predicted octanol–water partition coefficient (Wildman–Crippen LogP) is 2.45. The summed E-state index contributed by atoms with van der Waals surface area (Å²) in [6.45, 7) is 0.257. The largest absolute Gasteiger partial charge is 0.496 e. The van der Waals surface area contributed by atoms with Gasteiger partial charge in [-0.2, -0.15) is 13.2 Å². The van der Waals surface area contributed by atoms with E-state index in [4.69, 9.17) is 9.84 Å². The molecule has 1 heterocycles. The molecule has 20 heavy (non-hydrogen) atoms. The van der Waals surface area contributed by atoms with Crippen LogP contribution >= 0.6 is 0 Å². The van der Waals surface area contributed by atoms with E-state index < -0.39 is 23.6 Å². The highest BCUT2D eigenvalue weighted by Crippen LogP contribution is 2.39. The molecule has 1 fully saturated rings. The van der Waals surface area contributed by atoms with Gasteiger partial charge in [-0.25, -0.2) is 0 Å². The van der Waals surface area contributed by atoms with Crippen molar-refractivity contribution in [3.63, 3.8) is 0 Å². The zero-order valence-electron chi connectivity index (χ0n) is 10.7. The minimum atomic E-state index is -4.51. The second-order valence-electron chi connectivity index (χ2n) is 4.69. The van der Waals surface area contributed by atoms with Gasteiger partial charge < -0.3 is 15.2 Å². The molecule has 7 heteroatoms. The lowest BCUT2D eigenvalue weighted by Gasteiger charge is -2.16. The third kappa shape index (κ3) is 2.87. The quantitative estimate of drug-likeness (QED) is 0.897. The maximum Gasteiger partial charge on any atom is 0.419 e. The van der Waals surface area contributed by atoms with Crippen LogP contribution in [-0.2, 0) is 11.0 Å². The Bertz CT molecular complexity index is 516. The van der Waals surface area contributed by atoms with Crippen LogP contribution in [0, 0.1) is 5.92 Å². The van der Waals surface area contributed by atoms with Crippen molar-refractivity contribution in [2.45, 2.75) is 18.6 Å². The first kappa shape index (κ1) is 14.6. The highest BCUT2D eigenvalue weighted by Gasteiger charge is 2.36. The average molecular weight is 289 g/mol. The molecule has 2 atom stereocenters. The van der Waals surface area contributed by atoms with Crippen LogP contribution in [0.5, 0.6) is 5.75 Å². The fraction of sp³-hybridized carbons (Fsp3) is 0.462. The number of benzene rings is 1. The van der Waals surface area contributed by atoms with Gasteiger partial charge in [0.05, 0.1) is 18.6 Å². The van der Waals surface area contributed by atoms with Crippen molar-refractivity contribution < 1.29 is 27.8 Å². The van der Waals surface area contributed by atoms with Crippen LogP contribution < -0.4 is 10.1 Å². The number of carboxylic acids is 1. The Hall–Kier alpha value is -1.76. The van der Waals surface area contributed by atoms with Gasteiger partial charge in [0.15, 0.2) is 0 Å². The summed E-state index contributed by atoms with van der Waals surface area (Å²) in [7, 11) is 1.18. The maximum atomic E-state index is 12.9. The lowest BCUT2D eigenvalue weighted by molar-refractivity contribution is -0.141. The molecule has 2 rings (SSSR count).